The second-order valence-corrected chi connectivity index (χ2v) is 3.83. The summed E-state index contributed by atoms with van der Waals surface area (Å²) in [5, 5.41) is 3.16. The SMILES string of the molecule is COS1=CNc2ccccc21. The molecule has 0 saturated carbocycles. The van der Waals surface area contributed by atoms with Crippen molar-refractivity contribution in [3.8, 4) is 0 Å². The molecule has 2 rings (SSSR count). The zero-order valence-electron chi connectivity index (χ0n) is 6.20. The predicted octanol–water partition coefficient (Wildman–Crippen LogP) is 2.06. The van der Waals surface area contributed by atoms with Crippen molar-refractivity contribution in [2.24, 2.45) is 0 Å². The van der Waals surface area contributed by atoms with Gasteiger partial charge in [0, 0.05) is 0 Å². The highest BCUT2D eigenvalue weighted by atomic mass is 32.2. The van der Waals surface area contributed by atoms with Crippen LogP contribution in [0.15, 0.2) is 29.2 Å². The van der Waals surface area contributed by atoms with E-state index in [-0.39, 0.29) is 10.8 Å². The van der Waals surface area contributed by atoms with Gasteiger partial charge in [-0.1, -0.05) is 12.1 Å². The minimum atomic E-state index is -0.145. The molecule has 1 atom stereocenters. The number of hydrogen-bond acceptors (Lipinski definition) is 2. The lowest BCUT2D eigenvalue weighted by molar-refractivity contribution is 0.488. The van der Waals surface area contributed by atoms with Gasteiger partial charge in [-0.05, 0) is 22.9 Å². The Labute approximate surface area is 68.3 Å². The fraction of sp³-hybridized carbons (Fsp3) is 0.125. The molecule has 0 amide bonds. The zero-order chi connectivity index (χ0) is 7.68. The van der Waals surface area contributed by atoms with E-state index in [0.29, 0.717) is 0 Å². The van der Waals surface area contributed by atoms with Crippen molar-refractivity contribution in [3.63, 3.8) is 0 Å². The second kappa shape index (κ2) is 2.68. The molecule has 0 aliphatic carbocycles. The van der Waals surface area contributed by atoms with E-state index in [9.17, 15) is 0 Å². The van der Waals surface area contributed by atoms with Crippen LogP contribution in [0.2, 0.25) is 0 Å². The van der Waals surface area contributed by atoms with Gasteiger partial charge < -0.3 is 9.50 Å². The highest BCUT2D eigenvalue weighted by molar-refractivity contribution is 8.11. The third-order valence-electron chi connectivity index (χ3n) is 1.60. The molecule has 1 N–H and O–H groups in total. The van der Waals surface area contributed by atoms with E-state index in [1.165, 1.54) is 4.90 Å². The maximum atomic E-state index is 5.25. The lowest BCUT2D eigenvalue weighted by Crippen LogP contribution is -1.86. The molecular weight excluding hydrogens is 158 g/mol. The third kappa shape index (κ3) is 1.06. The molecule has 1 aromatic rings. The summed E-state index contributed by atoms with van der Waals surface area (Å²) in [6, 6.07) is 8.18. The minimum Gasteiger partial charge on any atom is -0.354 e. The predicted molar refractivity (Wildman–Crippen MR) is 49.0 cm³/mol. The van der Waals surface area contributed by atoms with Crippen molar-refractivity contribution in [1.82, 2.24) is 0 Å². The maximum Gasteiger partial charge on any atom is 0.0557 e. The van der Waals surface area contributed by atoms with Gasteiger partial charge in [-0.25, -0.2) is 0 Å². The van der Waals surface area contributed by atoms with Crippen molar-refractivity contribution in [3.05, 3.63) is 24.3 Å². The van der Waals surface area contributed by atoms with Gasteiger partial charge in [0.05, 0.1) is 23.2 Å². The summed E-state index contributed by atoms with van der Waals surface area (Å²) in [5.74, 6) is 0. The number of fused-ring (bicyclic) bond motifs is 1. The van der Waals surface area contributed by atoms with Crippen molar-refractivity contribution in [2.75, 3.05) is 12.4 Å². The molecule has 1 aliphatic rings. The van der Waals surface area contributed by atoms with E-state index in [1.54, 1.807) is 7.11 Å². The molecule has 58 valence electrons. The molecule has 1 aliphatic heterocycles. The standard InChI is InChI=1S/C8H9NOS/c1-10-11-6-9-7-4-2-3-5-8(7)11/h2-6,9H,1H3. The first-order chi connectivity index (χ1) is 5.42. The molecule has 1 unspecified atom stereocenters. The summed E-state index contributed by atoms with van der Waals surface area (Å²) in [4.78, 5) is 1.25. The van der Waals surface area contributed by atoms with Gasteiger partial charge in [-0.3, -0.25) is 0 Å². The number of benzene rings is 1. The van der Waals surface area contributed by atoms with Crippen molar-refractivity contribution in [2.45, 2.75) is 4.90 Å². The Kier molecular flexibility index (Phi) is 1.68. The molecule has 0 bridgehead atoms. The molecular formula is C8H9NOS. The lowest BCUT2D eigenvalue weighted by atomic mass is 10.3. The highest BCUT2D eigenvalue weighted by Gasteiger charge is 2.10. The Morgan fingerprint density at radius 3 is 3.00 bits per heavy atom. The fourth-order valence-corrected chi connectivity index (χ4v) is 2.27. The van der Waals surface area contributed by atoms with Crippen LogP contribution in [-0.2, 0) is 4.18 Å². The van der Waals surface area contributed by atoms with Crippen LogP contribution in [0.5, 0.6) is 0 Å². The van der Waals surface area contributed by atoms with Crippen molar-refractivity contribution >= 4 is 21.9 Å². The highest BCUT2D eigenvalue weighted by Crippen LogP contribution is 2.36. The molecule has 0 spiro atoms. The van der Waals surface area contributed by atoms with Crippen molar-refractivity contribution in [1.29, 1.82) is 0 Å². The van der Waals surface area contributed by atoms with Crippen LogP contribution in [0.4, 0.5) is 5.69 Å². The maximum absolute atomic E-state index is 5.25. The molecule has 1 aromatic carbocycles. The molecule has 3 heteroatoms. The van der Waals surface area contributed by atoms with Crippen LogP contribution in [0, 0.1) is 0 Å². The van der Waals surface area contributed by atoms with Crippen LogP contribution in [0.3, 0.4) is 0 Å². The van der Waals surface area contributed by atoms with Crippen LogP contribution >= 0.6 is 10.8 Å². The molecule has 0 saturated heterocycles. The zero-order valence-corrected chi connectivity index (χ0v) is 7.02. The van der Waals surface area contributed by atoms with Gasteiger partial charge >= 0.3 is 0 Å². The molecule has 2 nitrogen and oxygen atoms in total. The van der Waals surface area contributed by atoms with Gasteiger partial charge in [-0.15, -0.1) is 0 Å². The number of rotatable bonds is 1. The molecule has 1 heterocycles. The van der Waals surface area contributed by atoms with Crippen molar-refractivity contribution < 1.29 is 4.18 Å². The van der Waals surface area contributed by atoms with Crippen LogP contribution in [0.25, 0.3) is 0 Å². The average molecular weight is 167 g/mol. The lowest BCUT2D eigenvalue weighted by Gasteiger charge is -2.00. The molecule has 0 aromatic heterocycles. The summed E-state index contributed by atoms with van der Waals surface area (Å²) in [6.45, 7) is 0. The third-order valence-corrected chi connectivity index (χ3v) is 3.09. The van der Waals surface area contributed by atoms with Crippen LogP contribution in [-0.4, -0.2) is 12.6 Å². The molecule has 0 fully saturated rings. The van der Waals surface area contributed by atoms with Crippen LogP contribution in [0.1, 0.15) is 0 Å². The van der Waals surface area contributed by atoms with E-state index >= 15 is 0 Å². The Morgan fingerprint density at radius 1 is 1.36 bits per heavy atom. The quantitative estimate of drug-likeness (QED) is 0.646. The number of nitrogens with one attached hydrogen (secondary N) is 1. The first kappa shape index (κ1) is 6.88. The Balaban J connectivity index is 2.48. The normalized spacial score (nSPS) is 20.3. The first-order valence-electron chi connectivity index (χ1n) is 3.38. The largest absolute Gasteiger partial charge is 0.354 e. The second-order valence-electron chi connectivity index (χ2n) is 2.22. The van der Waals surface area contributed by atoms with Gasteiger partial charge in [0.1, 0.15) is 0 Å². The first-order valence-corrected chi connectivity index (χ1v) is 4.59. The summed E-state index contributed by atoms with van der Waals surface area (Å²) >= 11 is 0. The number of anilines is 1. The van der Waals surface area contributed by atoms with E-state index in [4.69, 9.17) is 4.18 Å². The monoisotopic (exact) mass is 167 g/mol. The minimum absolute atomic E-state index is 0.145. The molecule has 0 radical (unpaired) electrons. The Bertz CT molecular complexity index is 309. The summed E-state index contributed by atoms with van der Waals surface area (Å²) in [5.41, 5.74) is 3.14. The Morgan fingerprint density at radius 2 is 2.18 bits per heavy atom. The fourth-order valence-electron chi connectivity index (χ4n) is 1.08. The van der Waals surface area contributed by atoms with Gasteiger partial charge in [-0.2, -0.15) is 0 Å². The molecule has 11 heavy (non-hydrogen) atoms. The number of para-hydroxylation sites is 1. The summed E-state index contributed by atoms with van der Waals surface area (Å²) in [7, 11) is 1.58. The van der Waals surface area contributed by atoms with Gasteiger partial charge in [0.15, 0.2) is 0 Å². The Hall–Kier alpha value is -0.800. The van der Waals surface area contributed by atoms with Crippen LogP contribution < -0.4 is 5.32 Å². The topological polar surface area (TPSA) is 21.3 Å². The smallest absolute Gasteiger partial charge is 0.0557 e. The average Bonchev–Trinajstić information content (AvgIpc) is 2.47. The van der Waals surface area contributed by atoms with E-state index < -0.39 is 0 Å². The van der Waals surface area contributed by atoms with Gasteiger partial charge in [0.25, 0.3) is 0 Å². The van der Waals surface area contributed by atoms with E-state index in [1.807, 2.05) is 17.6 Å². The number of hydrogen-bond donors (Lipinski definition) is 1. The summed E-state index contributed by atoms with van der Waals surface area (Å²) in [6.07, 6.45) is 0. The van der Waals surface area contributed by atoms with E-state index in [2.05, 4.69) is 17.4 Å². The van der Waals surface area contributed by atoms with Gasteiger partial charge in [0.2, 0.25) is 0 Å². The van der Waals surface area contributed by atoms with E-state index in [0.717, 1.165) is 5.69 Å². The summed E-state index contributed by atoms with van der Waals surface area (Å²) < 4.78 is 5.25.